The van der Waals surface area contributed by atoms with Gasteiger partial charge in [-0.3, -0.25) is 4.79 Å². The average molecular weight is 530 g/mol. The van der Waals surface area contributed by atoms with E-state index in [2.05, 4.69) is 20.6 Å². The van der Waals surface area contributed by atoms with Crippen molar-refractivity contribution in [3.05, 3.63) is 70.5 Å². The van der Waals surface area contributed by atoms with E-state index in [0.29, 0.717) is 30.1 Å². The van der Waals surface area contributed by atoms with Crippen LogP contribution in [0, 0.1) is 5.92 Å². The lowest BCUT2D eigenvalue weighted by molar-refractivity contribution is -0.185. The van der Waals surface area contributed by atoms with Crippen molar-refractivity contribution >= 4 is 29.0 Å². The summed E-state index contributed by atoms with van der Waals surface area (Å²) in [5, 5.41) is 7.23. The predicted molar refractivity (Wildman–Crippen MR) is 138 cm³/mol. The molecule has 1 aliphatic carbocycles. The van der Waals surface area contributed by atoms with E-state index in [1.165, 1.54) is 12.8 Å². The van der Waals surface area contributed by atoms with Gasteiger partial charge in [-0.05, 0) is 54.4 Å². The number of amides is 1. The molecule has 0 unspecified atom stereocenters. The van der Waals surface area contributed by atoms with Crippen LogP contribution in [0.15, 0.2) is 48.8 Å². The molecule has 2 heterocycles. The molecule has 2 aromatic carbocycles. The maximum absolute atomic E-state index is 12.9. The van der Waals surface area contributed by atoms with Crippen LogP contribution < -0.4 is 10.6 Å². The number of carbonyl (C=O) groups is 1. The zero-order valence-corrected chi connectivity index (χ0v) is 20.9. The standard InChI is InChI=1S/C27H27ClF3N5O/c28-22-8-7-19-9-11-36(26(37)27(29,30)31)12-10-21(19)25(22)33-15-18-3-5-20(6-4-18)23-13-24(35-16-34-23)32-14-17-1-2-17/h3-8,13,16-17,33H,1-2,9-12,14-15H2,(H,32,34,35). The number of hydrogen-bond acceptors (Lipinski definition) is 5. The summed E-state index contributed by atoms with van der Waals surface area (Å²) < 4.78 is 38.8. The number of anilines is 2. The van der Waals surface area contributed by atoms with E-state index in [1.54, 1.807) is 12.4 Å². The van der Waals surface area contributed by atoms with Gasteiger partial charge in [0.1, 0.15) is 12.1 Å². The molecule has 3 aromatic rings. The van der Waals surface area contributed by atoms with Crippen molar-refractivity contribution in [2.24, 2.45) is 5.92 Å². The van der Waals surface area contributed by atoms with Crippen LogP contribution in [0.1, 0.15) is 29.5 Å². The van der Waals surface area contributed by atoms with E-state index in [4.69, 9.17) is 11.6 Å². The minimum absolute atomic E-state index is 0.00844. The lowest BCUT2D eigenvalue weighted by atomic mass is 10.0. The van der Waals surface area contributed by atoms with Gasteiger partial charge in [-0.2, -0.15) is 13.2 Å². The summed E-state index contributed by atoms with van der Waals surface area (Å²) in [5.41, 5.74) is 5.28. The molecule has 10 heteroatoms. The Hall–Kier alpha value is -3.33. The summed E-state index contributed by atoms with van der Waals surface area (Å²) in [4.78, 5) is 21.3. The number of aromatic nitrogens is 2. The van der Waals surface area contributed by atoms with Crippen LogP contribution in [0.2, 0.25) is 5.02 Å². The van der Waals surface area contributed by atoms with E-state index in [1.807, 2.05) is 36.4 Å². The number of halogens is 4. The van der Waals surface area contributed by atoms with Gasteiger partial charge in [0, 0.05) is 37.8 Å². The topological polar surface area (TPSA) is 70.2 Å². The molecule has 1 fully saturated rings. The van der Waals surface area contributed by atoms with E-state index >= 15 is 0 Å². The third-order valence-corrected chi connectivity index (χ3v) is 7.14. The Morgan fingerprint density at radius 2 is 1.78 bits per heavy atom. The fraction of sp³-hybridized carbons (Fsp3) is 0.370. The second kappa shape index (κ2) is 10.6. The van der Waals surface area contributed by atoms with Gasteiger partial charge in [0.2, 0.25) is 0 Å². The van der Waals surface area contributed by atoms with Crippen molar-refractivity contribution in [1.29, 1.82) is 0 Å². The molecule has 0 radical (unpaired) electrons. The molecule has 0 saturated heterocycles. The summed E-state index contributed by atoms with van der Waals surface area (Å²) in [6, 6.07) is 13.5. The van der Waals surface area contributed by atoms with Gasteiger partial charge in [0.05, 0.1) is 16.4 Å². The largest absolute Gasteiger partial charge is 0.471 e. The fourth-order valence-electron chi connectivity index (χ4n) is 4.54. The highest BCUT2D eigenvalue weighted by atomic mass is 35.5. The van der Waals surface area contributed by atoms with E-state index in [-0.39, 0.29) is 13.1 Å². The molecule has 37 heavy (non-hydrogen) atoms. The molecule has 0 atom stereocenters. The lowest BCUT2D eigenvalue weighted by Crippen LogP contribution is -2.42. The van der Waals surface area contributed by atoms with Gasteiger partial charge in [0.25, 0.3) is 0 Å². The Balaban J connectivity index is 1.25. The Bertz CT molecular complexity index is 1280. The van der Waals surface area contributed by atoms with Crippen LogP contribution in [0.4, 0.5) is 24.7 Å². The van der Waals surface area contributed by atoms with Gasteiger partial charge in [-0.1, -0.05) is 41.9 Å². The van der Waals surface area contributed by atoms with E-state index < -0.39 is 12.1 Å². The SMILES string of the molecule is O=C(N1CCc2ccc(Cl)c(NCc3ccc(-c4cc(NCC5CC5)ncn4)cc3)c2CC1)C(F)(F)F. The molecular formula is C27H27ClF3N5O. The number of fused-ring (bicyclic) bond motifs is 1. The molecule has 2 aliphatic rings. The number of nitrogens with zero attached hydrogens (tertiary/aromatic N) is 3. The summed E-state index contributed by atoms with van der Waals surface area (Å²) >= 11 is 6.48. The first kappa shape index (κ1) is 25.3. The van der Waals surface area contributed by atoms with Gasteiger partial charge >= 0.3 is 12.1 Å². The zero-order valence-electron chi connectivity index (χ0n) is 20.1. The van der Waals surface area contributed by atoms with Crippen molar-refractivity contribution < 1.29 is 18.0 Å². The highest BCUT2D eigenvalue weighted by Crippen LogP contribution is 2.33. The molecule has 1 aromatic heterocycles. The summed E-state index contributed by atoms with van der Waals surface area (Å²) in [6.07, 6.45) is -0.131. The van der Waals surface area contributed by atoms with Gasteiger partial charge in [0.15, 0.2) is 0 Å². The van der Waals surface area contributed by atoms with Crippen LogP contribution in [0.3, 0.4) is 0 Å². The number of hydrogen-bond donors (Lipinski definition) is 2. The fourth-order valence-corrected chi connectivity index (χ4v) is 4.78. The molecule has 194 valence electrons. The summed E-state index contributed by atoms with van der Waals surface area (Å²) in [6.45, 7) is 1.43. The van der Waals surface area contributed by atoms with Gasteiger partial charge in [-0.25, -0.2) is 9.97 Å². The molecule has 0 spiro atoms. The Morgan fingerprint density at radius 3 is 2.51 bits per heavy atom. The first-order valence-corrected chi connectivity index (χ1v) is 12.7. The highest BCUT2D eigenvalue weighted by molar-refractivity contribution is 6.33. The average Bonchev–Trinajstić information content (AvgIpc) is 3.73. The minimum Gasteiger partial charge on any atom is -0.380 e. The molecule has 1 aliphatic heterocycles. The van der Waals surface area contributed by atoms with Crippen LogP contribution in [-0.4, -0.2) is 46.6 Å². The number of rotatable bonds is 7. The molecule has 1 amide bonds. The monoisotopic (exact) mass is 529 g/mol. The highest BCUT2D eigenvalue weighted by Gasteiger charge is 2.42. The van der Waals surface area contributed by atoms with Crippen molar-refractivity contribution in [3.8, 4) is 11.3 Å². The molecule has 6 nitrogen and oxygen atoms in total. The molecule has 0 bridgehead atoms. The Morgan fingerprint density at radius 1 is 1.03 bits per heavy atom. The van der Waals surface area contributed by atoms with E-state index in [0.717, 1.165) is 51.1 Å². The quantitative estimate of drug-likeness (QED) is 0.409. The summed E-state index contributed by atoms with van der Waals surface area (Å²) in [5.74, 6) is -0.229. The third kappa shape index (κ3) is 6.15. The second-order valence-corrected chi connectivity index (χ2v) is 9.92. The van der Waals surface area contributed by atoms with Crippen molar-refractivity contribution in [1.82, 2.24) is 14.9 Å². The summed E-state index contributed by atoms with van der Waals surface area (Å²) in [7, 11) is 0. The first-order valence-electron chi connectivity index (χ1n) is 12.3. The first-order chi connectivity index (χ1) is 17.8. The van der Waals surface area contributed by atoms with Crippen molar-refractivity contribution in [2.75, 3.05) is 30.3 Å². The number of alkyl halides is 3. The van der Waals surface area contributed by atoms with Gasteiger partial charge < -0.3 is 15.5 Å². The molecule has 1 saturated carbocycles. The normalized spacial score (nSPS) is 15.6. The Kier molecular flexibility index (Phi) is 7.24. The van der Waals surface area contributed by atoms with Crippen LogP contribution in [0.5, 0.6) is 0 Å². The maximum atomic E-state index is 12.9. The zero-order chi connectivity index (χ0) is 26.0. The molecular weight excluding hydrogens is 503 g/mol. The predicted octanol–water partition coefficient (Wildman–Crippen LogP) is 5.72. The van der Waals surface area contributed by atoms with E-state index in [9.17, 15) is 18.0 Å². The van der Waals surface area contributed by atoms with Gasteiger partial charge in [-0.15, -0.1) is 0 Å². The van der Waals surface area contributed by atoms with Crippen molar-refractivity contribution in [2.45, 2.75) is 38.4 Å². The number of benzene rings is 2. The van der Waals surface area contributed by atoms with Crippen LogP contribution in [0.25, 0.3) is 11.3 Å². The molecule has 5 rings (SSSR count). The van der Waals surface area contributed by atoms with Crippen LogP contribution >= 0.6 is 11.6 Å². The lowest BCUT2D eigenvalue weighted by Gasteiger charge is -2.21. The smallest absolute Gasteiger partial charge is 0.380 e. The Labute approximate surface area is 218 Å². The number of carbonyl (C=O) groups excluding carboxylic acids is 1. The third-order valence-electron chi connectivity index (χ3n) is 6.83. The van der Waals surface area contributed by atoms with Crippen molar-refractivity contribution in [3.63, 3.8) is 0 Å². The molecule has 2 N–H and O–H groups in total. The second-order valence-electron chi connectivity index (χ2n) is 9.51. The minimum atomic E-state index is -4.87. The van der Waals surface area contributed by atoms with Crippen LogP contribution in [-0.2, 0) is 24.2 Å². The maximum Gasteiger partial charge on any atom is 0.471 e. The number of nitrogens with one attached hydrogen (secondary N) is 2.